The zero-order valence-corrected chi connectivity index (χ0v) is 12.0. The molecule has 0 aliphatic heterocycles. The smallest absolute Gasteiger partial charge is 0.320 e. The van der Waals surface area contributed by atoms with Crippen molar-refractivity contribution in [1.82, 2.24) is 4.90 Å². The van der Waals surface area contributed by atoms with Crippen molar-refractivity contribution in [1.29, 1.82) is 0 Å². The lowest BCUT2D eigenvalue weighted by atomic mass is 10.1. The first-order valence-electron chi connectivity index (χ1n) is 6.71. The van der Waals surface area contributed by atoms with Crippen molar-refractivity contribution < 1.29 is 14.3 Å². The summed E-state index contributed by atoms with van der Waals surface area (Å²) in [7, 11) is 1.92. The van der Waals surface area contributed by atoms with Crippen LogP contribution in [0.5, 0.6) is 5.75 Å². The van der Waals surface area contributed by atoms with Crippen LogP contribution in [0, 0.1) is 0 Å². The van der Waals surface area contributed by atoms with Gasteiger partial charge in [-0.1, -0.05) is 12.1 Å². The molecule has 0 N–H and O–H groups in total. The zero-order chi connectivity index (χ0) is 14.1. The summed E-state index contributed by atoms with van der Waals surface area (Å²) >= 11 is 0. The van der Waals surface area contributed by atoms with Crippen LogP contribution in [0.2, 0.25) is 0 Å². The Balaban J connectivity index is 2.33. The Hall–Kier alpha value is -1.55. The van der Waals surface area contributed by atoms with Crippen molar-refractivity contribution in [3.63, 3.8) is 0 Å². The van der Waals surface area contributed by atoms with Gasteiger partial charge in [-0.3, -0.25) is 9.69 Å². The van der Waals surface area contributed by atoms with Crippen molar-refractivity contribution in [3.05, 3.63) is 29.8 Å². The van der Waals surface area contributed by atoms with Gasteiger partial charge in [0, 0.05) is 6.54 Å². The summed E-state index contributed by atoms with van der Waals surface area (Å²) in [5, 5.41) is 0. The highest BCUT2D eigenvalue weighted by Gasteiger charge is 2.06. The molecule has 0 spiro atoms. The van der Waals surface area contributed by atoms with E-state index in [0.717, 1.165) is 18.7 Å². The molecule has 4 nitrogen and oxygen atoms in total. The Morgan fingerprint density at radius 1 is 1.16 bits per heavy atom. The molecule has 1 rings (SSSR count). The van der Waals surface area contributed by atoms with Crippen molar-refractivity contribution in [3.8, 4) is 5.75 Å². The third-order valence-corrected chi connectivity index (χ3v) is 2.72. The molecule has 19 heavy (non-hydrogen) atoms. The average molecular weight is 265 g/mol. The van der Waals surface area contributed by atoms with Gasteiger partial charge in [0.15, 0.2) is 0 Å². The largest absolute Gasteiger partial charge is 0.494 e. The second-order valence-corrected chi connectivity index (χ2v) is 4.37. The molecule has 1 aromatic rings. The number of nitrogens with zero attached hydrogens (tertiary/aromatic N) is 1. The Kier molecular flexibility index (Phi) is 6.97. The molecule has 0 amide bonds. The van der Waals surface area contributed by atoms with Crippen molar-refractivity contribution in [2.75, 3.05) is 33.4 Å². The summed E-state index contributed by atoms with van der Waals surface area (Å²) in [6.45, 7) is 6.07. The first-order chi connectivity index (χ1) is 9.15. The van der Waals surface area contributed by atoms with Crippen LogP contribution in [0.15, 0.2) is 24.3 Å². The van der Waals surface area contributed by atoms with Gasteiger partial charge in [0.2, 0.25) is 0 Å². The molecule has 0 aliphatic carbocycles. The van der Waals surface area contributed by atoms with Gasteiger partial charge in [-0.25, -0.2) is 0 Å². The highest BCUT2D eigenvalue weighted by atomic mass is 16.5. The lowest BCUT2D eigenvalue weighted by molar-refractivity contribution is -0.144. The summed E-state index contributed by atoms with van der Waals surface area (Å²) in [6.07, 6.45) is 0.905. The molecule has 0 saturated carbocycles. The van der Waals surface area contributed by atoms with Gasteiger partial charge in [0.25, 0.3) is 0 Å². The maximum absolute atomic E-state index is 11.3. The predicted octanol–water partition coefficient (Wildman–Crippen LogP) is 2.12. The molecule has 0 saturated heterocycles. The van der Waals surface area contributed by atoms with Crippen LogP contribution in [0.25, 0.3) is 0 Å². The maximum atomic E-state index is 11.3. The van der Waals surface area contributed by atoms with Crippen LogP contribution in [0.1, 0.15) is 19.4 Å². The highest BCUT2D eigenvalue weighted by molar-refractivity contribution is 5.71. The summed E-state index contributed by atoms with van der Waals surface area (Å²) < 4.78 is 10.3. The summed E-state index contributed by atoms with van der Waals surface area (Å²) in [4.78, 5) is 13.3. The number of hydrogen-bond acceptors (Lipinski definition) is 4. The van der Waals surface area contributed by atoms with Crippen LogP contribution in [0.3, 0.4) is 0 Å². The molecule has 0 bridgehead atoms. The second kappa shape index (κ2) is 8.53. The third-order valence-electron chi connectivity index (χ3n) is 2.72. The molecule has 0 heterocycles. The number of esters is 1. The highest BCUT2D eigenvalue weighted by Crippen LogP contribution is 2.12. The van der Waals surface area contributed by atoms with E-state index >= 15 is 0 Å². The quantitative estimate of drug-likeness (QED) is 0.675. The van der Waals surface area contributed by atoms with E-state index in [1.165, 1.54) is 5.56 Å². The molecule has 1 aromatic carbocycles. The van der Waals surface area contributed by atoms with Gasteiger partial charge in [0.05, 0.1) is 19.8 Å². The Bertz CT molecular complexity index is 375. The predicted molar refractivity (Wildman–Crippen MR) is 75.4 cm³/mol. The molecule has 106 valence electrons. The van der Waals surface area contributed by atoms with Crippen molar-refractivity contribution in [2.45, 2.75) is 20.3 Å². The number of carbonyl (C=O) groups excluding carboxylic acids is 1. The van der Waals surface area contributed by atoms with Gasteiger partial charge in [-0.15, -0.1) is 0 Å². The van der Waals surface area contributed by atoms with E-state index in [-0.39, 0.29) is 5.97 Å². The number of carbonyl (C=O) groups is 1. The van der Waals surface area contributed by atoms with E-state index in [1.54, 1.807) is 0 Å². The minimum Gasteiger partial charge on any atom is -0.494 e. The van der Waals surface area contributed by atoms with E-state index in [0.29, 0.717) is 19.8 Å². The van der Waals surface area contributed by atoms with Gasteiger partial charge < -0.3 is 9.47 Å². The Morgan fingerprint density at radius 2 is 1.84 bits per heavy atom. The van der Waals surface area contributed by atoms with Crippen LogP contribution in [0.4, 0.5) is 0 Å². The SMILES string of the molecule is CCOC(=O)CN(C)CCc1ccc(OCC)cc1. The molecule has 4 heteroatoms. The summed E-state index contributed by atoms with van der Waals surface area (Å²) in [5.41, 5.74) is 1.24. The lowest BCUT2D eigenvalue weighted by Gasteiger charge is -2.15. The number of benzene rings is 1. The maximum Gasteiger partial charge on any atom is 0.320 e. The van der Waals surface area contributed by atoms with Crippen molar-refractivity contribution in [2.24, 2.45) is 0 Å². The average Bonchev–Trinajstić information content (AvgIpc) is 2.38. The first kappa shape index (κ1) is 15.5. The Labute approximate surface area is 115 Å². The normalized spacial score (nSPS) is 10.5. The molecule has 0 aliphatic rings. The molecule has 0 aromatic heterocycles. The molecule has 0 fully saturated rings. The van der Waals surface area contributed by atoms with Gasteiger partial charge in [-0.05, 0) is 45.0 Å². The lowest BCUT2D eigenvalue weighted by Crippen LogP contribution is -2.29. The van der Waals surface area contributed by atoms with Gasteiger partial charge >= 0.3 is 5.97 Å². The van der Waals surface area contributed by atoms with E-state index in [9.17, 15) is 4.79 Å². The monoisotopic (exact) mass is 265 g/mol. The van der Waals surface area contributed by atoms with Crippen LogP contribution < -0.4 is 4.74 Å². The van der Waals surface area contributed by atoms with Gasteiger partial charge in [-0.2, -0.15) is 0 Å². The third kappa shape index (κ3) is 6.25. The molecular weight excluding hydrogens is 242 g/mol. The fourth-order valence-corrected chi connectivity index (χ4v) is 1.75. The number of likely N-dealkylation sites (N-methyl/N-ethyl adjacent to an activating group) is 1. The van der Waals surface area contributed by atoms with E-state index in [1.807, 2.05) is 37.9 Å². The summed E-state index contributed by atoms with van der Waals surface area (Å²) in [6, 6.07) is 8.07. The number of hydrogen-bond donors (Lipinski definition) is 0. The van der Waals surface area contributed by atoms with Crippen LogP contribution >= 0.6 is 0 Å². The number of rotatable bonds is 8. The second-order valence-electron chi connectivity index (χ2n) is 4.37. The fraction of sp³-hybridized carbons (Fsp3) is 0.533. The molecule has 0 atom stereocenters. The fourth-order valence-electron chi connectivity index (χ4n) is 1.75. The zero-order valence-electron chi connectivity index (χ0n) is 12.0. The summed E-state index contributed by atoms with van der Waals surface area (Å²) in [5.74, 6) is 0.725. The van der Waals surface area contributed by atoms with E-state index in [2.05, 4.69) is 12.1 Å². The first-order valence-corrected chi connectivity index (χ1v) is 6.71. The molecule has 0 unspecified atom stereocenters. The van der Waals surface area contributed by atoms with E-state index < -0.39 is 0 Å². The van der Waals surface area contributed by atoms with Crippen LogP contribution in [-0.4, -0.2) is 44.2 Å². The van der Waals surface area contributed by atoms with Gasteiger partial charge in [0.1, 0.15) is 5.75 Å². The minimum atomic E-state index is -0.170. The standard InChI is InChI=1S/C15H23NO3/c1-4-18-14-8-6-13(7-9-14)10-11-16(3)12-15(17)19-5-2/h6-9H,4-5,10-12H2,1-3H3. The minimum absolute atomic E-state index is 0.170. The van der Waals surface area contributed by atoms with Crippen molar-refractivity contribution >= 4 is 5.97 Å². The molecule has 0 radical (unpaired) electrons. The van der Waals surface area contributed by atoms with E-state index in [4.69, 9.17) is 9.47 Å². The number of ether oxygens (including phenoxy) is 2. The Morgan fingerprint density at radius 3 is 2.42 bits per heavy atom. The van der Waals surface area contributed by atoms with Crippen LogP contribution in [-0.2, 0) is 16.0 Å². The topological polar surface area (TPSA) is 38.8 Å². The molecular formula is C15H23NO3.